The van der Waals surface area contributed by atoms with E-state index in [1.54, 1.807) is 0 Å². The van der Waals surface area contributed by atoms with Crippen molar-refractivity contribution in [2.75, 3.05) is 0 Å². The largest absolute Gasteiger partial charge is 2.00 e. The molecule has 5 heteroatoms. The molecule has 0 N–H and O–H groups in total. The smallest absolute Gasteiger partial charge is 0.365 e. The summed E-state index contributed by atoms with van der Waals surface area (Å²) < 4.78 is 4.85. The first-order chi connectivity index (χ1) is 26.2. The zero-order chi connectivity index (χ0) is 37.7. The van der Waals surface area contributed by atoms with Gasteiger partial charge >= 0.3 is 21.1 Å². The molecule has 8 aromatic rings. The van der Waals surface area contributed by atoms with Gasteiger partial charge in [0.05, 0.1) is 0 Å². The standard InChI is InChI=1S/C50H48N4.Pt/c1-31(2)35-17-13-18-36(32(3)4)49(35)53-45-25-15-21-39(41(45)29-47(53)43-23-9-11-27-51-43)40-22-16-26-46-42(40)30-48(44-24-10-12-28-52-44)54(46)50-37(33(5)6)19-14-20-38(50)34(7)8;/h9-28,31-34H,1-8H3;/q-2;+2. The van der Waals surface area contributed by atoms with E-state index in [-0.39, 0.29) is 21.1 Å². The molecule has 0 saturated heterocycles. The fourth-order valence-corrected chi connectivity index (χ4v) is 8.12. The Labute approximate surface area is 340 Å². The van der Waals surface area contributed by atoms with Crippen LogP contribution < -0.4 is 0 Å². The van der Waals surface area contributed by atoms with E-state index in [0.717, 1.165) is 55.7 Å². The number of benzene rings is 4. The zero-order valence-corrected chi connectivity index (χ0v) is 35.2. The Bertz CT molecular complexity index is 2370. The molecule has 0 unspecified atom stereocenters. The summed E-state index contributed by atoms with van der Waals surface area (Å²) in [5.74, 6) is 1.31. The van der Waals surface area contributed by atoms with Crippen LogP contribution in [0.2, 0.25) is 0 Å². The van der Waals surface area contributed by atoms with Crippen LogP contribution in [0, 0.1) is 12.1 Å². The molecular weight excluding hydrogens is 852 g/mol. The molecule has 0 bridgehead atoms. The third-order valence-electron chi connectivity index (χ3n) is 10.7. The molecule has 0 atom stereocenters. The predicted octanol–water partition coefficient (Wildman–Crippen LogP) is 13.5. The first-order valence-electron chi connectivity index (χ1n) is 19.4. The SMILES string of the molecule is CC(C)c1cccc(C(C)C)c1-n1c(-c2ccccn2)[c-]c2c(-c3cccc4c3[c-]c(-c3ccccn3)n4-c3c(C(C)C)cccc3C(C)C)cccc21.[Pt+2]. The number of fused-ring (bicyclic) bond motifs is 2. The Hall–Kier alpha value is -5.05. The molecule has 4 aromatic carbocycles. The predicted molar refractivity (Wildman–Crippen MR) is 226 cm³/mol. The molecule has 4 aromatic heterocycles. The summed E-state index contributed by atoms with van der Waals surface area (Å²) in [6, 6.07) is 47.0. The summed E-state index contributed by atoms with van der Waals surface area (Å²) >= 11 is 0. The second-order valence-electron chi connectivity index (χ2n) is 15.6. The van der Waals surface area contributed by atoms with Crippen LogP contribution in [-0.4, -0.2) is 19.1 Å². The van der Waals surface area contributed by atoms with Crippen LogP contribution in [0.5, 0.6) is 0 Å². The van der Waals surface area contributed by atoms with Gasteiger partial charge in [-0.1, -0.05) is 140 Å². The number of hydrogen-bond acceptors (Lipinski definition) is 2. The van der Waals surface area contributed by atoms with Crippen LogP contribution in [0.1, 0.15) is 101 Å². The molecule has 278 valence electrons. The van der Waals surface area contributed by atoms with Crippen LogP contribution in [-0.2, 0) is 21.1 Å². The number of aromatic nitrogens is 4. The molecule has 4 heterocycles. The van der Waals surface area contributed by atoms with Gasteiger partial charge in [0.1, 0.15) is 0 Å². The maximum atomic E-state index is 4.89. The minimum Gasteiger partial charge on any atom is -0.365 e. The summed E-state index contributed by atoms with van der Waals surface area (Å²) in [6.45, 7) is 18.3. The topological polar surface area (TPSA) is 35.6 Å². The molecule has 0 amide bonds. The monoisotopic (exact) mass is 899 g/mol. The van der Waals surface area contributed by atoms with Gasteiger partial charge < -0.3 is 19.1 Å². The fraction of sp³-hybridized carbons (Fsp3) is 0.240. The van der Waals surface area contributed by atoms with Crippen molar-refractivity contribution in [3.05, 3.63) is 156 Å². The summed E-state index contributed by atoms with van der Waals surface area (Å²) in [4.78, 5) is 9.78. The van der Waals surface area contributed by atoms with Crippen molar-refractivity contribution in [2.45, 2.75) is 79.1 Å². The van der Waals surface area contributed by atoms with E-state index in [0.29, 0.717) is 23.7 Å². The van der Waals surface area contributed by atoms with Gasteiger partial charge in [-0.25, -0.2) is 0 Å². The molecule has 55 heavy (non-hydrogen) atoms. The first kappa shape index (κ1) is 38.2. The second-order valence-corrected chi connectivity index (χ2v) is 15.6. The van der Waals surface area contributed by atoms with Crippen molar-refractivity contribution in [1.82, 2.24) is 19.1 Å². The van der Waals surface area contributed by atoms with Gasteiger partial charge in [0.15, 0.2) is 0 Å². The van der Waals surface area contributed by atoms with Gasteiger partial charge in [0, 0.05) is 35.2 Å². The molecule has 0 aliphatic rings. The van der Waals surface area contributed by atoms with Crippen LogP contribution in [0.3, 0.4) is 0 Å². The minimum absolute atomic E-state index is 0. The van der Waals surface area contributed by atoms with E-state index in [1.807, 2.05) is 24.5 Å². The Balaban J connectivity index is 0.00000465. The van der Waals surface area contributed by atoms with E-state index < -0.39 is 0 Å². The molecule has 0 radical (unpaired) electrons. The summed E-state index contributed by atoms with van der Waals surface area (Å²) in [6.07, 6.45) is 3.75. The average Bonchev–Trinajstić information content (AvgIpc) is 3.77. The quantitative estimate of drug-likeness (QED) is 0.135. The zero-order valence-electron chi connectivity index (χ0n) is 33.0. The van der Waals surface area contributed by atoms with Gasteiger partial charge in [0.2, 0.25) is 0 Å². The van der Waals surface area contributed by atoms with E-state index >= 15 is 0 Å². The summed E-state index contributed by atoms with van der Waals surface area (Å²) in [5, 5.41) is 2.12. The molecule has 0 aliphatic heterocycles. The molecule has 0 spiro atoms. The third kappa shape index (κ3) is 6.69. The molecule has 0 fully saturated rings. The molecular formula is C50H48N4Pt. The number of pyridine rings is 2. The molecule has 8 rings (SSSR count). The molecule has 0 aliphatic carbocycles. The summed E-state index contributed by atoms with van der Waals surface area (Å²) in [5.41, 5.74) is 15.9. The van der Waals surface area contributed by atoms with Gasteiger partial charge in [0.25, 0.3) is 0 Å². The van der Waals surface area contributed by atoms with E-state index in [2.05, 4.69) is 174 Å². The van der Waals surface area contributed by atoms with Crippen LogP contribution in [0.25, 0.3) is 67.1 Å². The van der Waals surface area contributed by atoms with E-state index in [1.165, 1.54) is 33.6 Å². The molecule has 4 nitrogen and oxygen atoms in total. The molecule has 0 saturated carbocycles. The van der Waals surface area contributed by atoms with Gasteiger partial charge in [-0.2, -0.15) is 0 Å². The van der Waals surface area contributed by atoms with Crippen LogP contribution in [0.15, 0.2) is 122 Å². The van der Waals surface area contributed by atoms with Crippen LogP contribution in [0.4, 0.5) is 0 Å². The summed E-state index contributed by atoms with van der Waals surface area (Å²) in [7, 11) is 0. The Morgan fingerprint density at radius 2 is 0.764 bits per heavy atom. The Kier molecular flexibility index (Phi) is 10.8. The van der Waals surface area contributed by atoms with Gasteiger partial charge in [-0.3, -0.25) is 0 Å². The number of nitrogens with zero attached hydrogens (tertiary/aromatic N) is 4. The van der Waals surface area contributed by atoms with Crippen molar-refractivity contribution in [1.29, 1.82) is 0 Å². The van der Waals surface area contributed by atoms with Crippen molar-refractivity contribution in [3.8, 4) is 45.3 Å². The minimum atomic E-state index is 0. The third-order valence-corrected chi connectivity index (χ3v) is 10.7. The van der Waals surface area contributed by atoms with Crippen molar-refractivity contribution in [3.63, 3.8) is 0 Å². The van der Waals surface area contributed by atoms with Gasteiger partial charge in [-0.15, -0.1) is 46.2 Å². The Morgan fingerprint density at radius 3 is 1.07 bits per heavy atom. The van der Waals surface area contributed by atoms with E-state index in [4.69, 9.17) is 9.97 Å². The van der Waals surface area contributed by atoms with Crippen LogP contribution >= 0.6 is 0 Å². The van der Waals surface area contributed by atoms with Crippen molar-refractivity contribution < 1.29 is 21.1 Å². The van der Waals surface area contributed by atoms with E-state index in [9.17, 15) is 0 Å². The normalized spacial score (nSPS) is 11.8. The Morgan fingerprint density at radius 1 is 0.418 bits per heavy atom. The number of hydrogen-bond donors (Lipinski definition) is 0. The number of para-hydroxylation sites is 2. The first-order valence-corrected chi connectivity index (χ1v) is 19.4. The van der Waals surface area contributed by atoms with Crippen molar-refractivity contribution in [2.24, 2.45) is 0 Å². The number of rotatable bonds is 9. The average molecular weight is 900 g/mol. The fourth-order valence-electron chi connectivity index (χ4n) is 8.12. The second kappa shape index (κ2) is 15.6. The van der Waals surface area contributed by atoms with Crippen molar-refractivity contribution >= 4 is 21.8 Å². The maximum Gasteiger partial charge on any atom is 2.00 e. The maximum absolute atomic E-state index is 4.89. The van der Waals surface area contributed by atoms with Gasteiger partial charge in [-0.05, 0) is 80.5 Å².